The summed E-state index contributed by atoms with van der Waals surface area (Å²) in [5.41, 5.74) is 0. The van der Waals surface area contributed by atoms with Crippen molar-refractivity contribution >= 4 is 32.4 Å². The van der Waals surface area contributed by atoms with E-state index < -0.39 is 10.0 Å². The van der Waals surface area contributed by atoms with Crippen molar-refractivity contribution in [3.05, 3.63) is 41.4 Å². The number of benzene rings is 2. The Labute approximate surface area is 135 Å². The molecule has 3 rings (SSSR count). The number of sulfonamides is 1. The van der Waals surface area contributed by atoms with Crippen molar-refractivity contribution in [1.82, 2.24) is 10.0 Å². The highest BCUT2D eigenvalue weighted by Gasteiger charge is 2.19. The molecule has 0 spiro atoms. The van der Waals surface area contributed by atoms with Gasteiger partial charge in [0.1, 0.15) is 0 Å². The normalized spacial score (nSPS) is 18.9. The minimum atomic E-state index is -3.52. The summed E-state index contributed by atoms with van der Waals surface area (Å²) in [4.78, 5) is 0.289. The molecule has 2 aromatic rings. The molecule has 0 saturated carbocycles. The van der Waals surface area contributed by atoms with E-state index in [1.807, 2.05) is 18.2 Å². The molecule has 22 heavy (non-hydrogen) atoms. The van der Waals surface area contributed by atoms with Gasteiger partial charge in [0.25, 0.3) is 0 Å². The first-order valence-electron chi connectivity index (χ1n) is 7.45. The number of rotatable bonds is 5. The minimum Gasteiger partial charge on any atom is -0.316 e. The zero-order valence-corrected chi connectivity index (χ0v) is 13.8. The number of halogens is 1. The summed E-state index contributed by atoms with van der Waals surface area (Å²) in [7, 11) is -3.52. The Bertz CT molecular complexity index is 771. The van der Waals surface area contributed by atoms with Crippen LogP contribution in [0, 0.1) is 5.92 Å². The average Bonchev–Trinajstić information content (AvgIpc) is 3.01. The zero-order chi connectivity index (χ0) is 15.6. The van der Waals surface area contributed by atoms with E-state index >= 15 is 0 Å². The van der Waals surface area contributed by atoms with Crippen molar-refractivity contribution < 1.29 is 8.42 Å². The molecule has 0 amide bonds. The second kappa shape index (κ2) is 6.54. The third-order valence-corrected chi connectivity index (χ3v) is 5.98. The Morgan fingerprint density at radius 2 is 1.95 bits per heavy atom. The maximum Gasteiger partial charge on any atom is 0.241 e. The Kier molecular flexibility index (Phi) is 4.68. The van der Waals surface area contributed by atoms with Crippen LogP contribution in [-0.4, -0.2) is 28.1 Å². The predicted molar refractivity (Wildman–Crippen MR) is 89.7 cm³/mol. The molecule has 1 fully saturated rings. The van der Waals surface area contributed by atoms with E-state index in [1.54, 1.807) is 18.2 Å². The van der Waals surface area contributed by atoms with Crippen LogP contribution in [0.1, 0.15) is 12.8 Å². The summed E-state index contributed by atoms with van der Waals surface area (Å²) in [6, 6.07) is 10.5. The van der Waals surface area contributed by atoms with Crippen LogP contribution in [0.4, 0.5) is 0 Å². The van der Waals surface area contributed by atoms with Gasteiger partial charge < -0.3 is 5.32 Å². The summed E-state index contributed by atoms with van der Waals surface area (Å²) in [6.07, 6.45) is 1.98. The maximum absolute atomic E-state index is 12.6. The highest BCUT2D eigenvalue weighted by Crippen LogP contribution is 2.29. The summed E-state index contributed by atoms with van der Waals surface area (Å²) in [6.45, 7) is 2.47. The van der Waals surface area contributed by atoms with Crippen molar-refractivity contribution in [2.75, 3.05) is 19.6 Å². The van der Waals surface area contributed by atoms with Gasteiger partial charge in [0.15, 0.2) is 0 Å². The van der Waals surface area contributed by atoms with E-state index in [9.17, 15) is 8.42 Å². The molecule has 4 nitrogen and oxygen atoms in total. The van der Waals surface area contributed by atoms with Crippen LogP contribution in [0.15, 0.2) is 41.3 Å². The topological polar surface area (TPSA) is 58.2 Å². The largest absolute Gasteiger partial charge is 0.316 e. The first-order valence-corrected chi connectivity index (χ1v) is 9.32. The standard InChI is InChI=1S/C16H19ClN2O2S/c17-15-5-6-16(14-4-2-1-3-13(14)15)22(20,21)19-10-8-12-7-9-18-11-12/h1-6,12,18-19H,7-11H2. The Morgan fingerprint density at radius 1 is 1.18 bits per heavy atom. The van der Waals surface area contributed by atoms with Crippen molar-refractivity contribution in [3.8, 4) is 0 Å². The second-order valence-corrected chi connectivity index (χ2v) is 7.78. The van der Waals surface area contributed by atoms with Gasteiger partial charge in [-0.2, -0.15) is 0 Å². The lowest BCUT2D eigenvalue weighted by molar-refractivity contribution is 0.519. The minimum absolute atomic E-state index is 0.289. The molecular formula is C16H19ClN2O2S. The summed E-state index contributed by atoms with van der Waals surface area (Å²) >= 11 is 6.15. The van der Waals surface area contributed by atoms with Gasteiger partial charge in [0, 0.05) is 22.3 Å². The summed E-state index contributed by atoms with van der Waals surface area (Å²) in [5, 5.41) is 5.27. The van der Waals surface area contributed by atoms with Crippen LogP contribution in [0.3, 0.4) is 0 Å². The van der Waals surface area contributed by atoms with Gasteiger partial charge in [-0.25, -0.2) is 13.1 Å². The Morgan fingerprint density at radius 3 is 2.68 bits per heavy atom. The highest BCUT2D eigenvalue weighted by molar-refractivity contribution is 7.89. The fourth-order valence-electron chi connectivity index (χ4n) is 2.90. The van der Waals surface area contributed by atoms with Gasteiger partial charge in [-0.15, -0.1) is 0 Å². The van der Waals surface area contributed by atoms with Gasteiger partial charge in [-0.1, -0.05) is 35.9 Å². The lowest BCUT2D eigenvalue weighted by Gasteiger charge is -2.12. The molecule has 1 heterocycles. The molecule has 1 saturated heterocycles. The van der Waals surface area contributed by atoms with Crippen LogP contribution in [0.5, 0.6) is 0 Å². The summed E-state index contributed by atoms with van der Waals surface area (Å²) in [5.74, 6) is 0.560. The number of hydrogen-bond donors (Lipinski definition) is 2. The van der Waals surface area contributed by atoms with Gasteiger partial charge in [-0.3, -0.25) is 0 Å². The van der Waals surface area contributed by atoms with E-state index in [2.05, 4.69) is 10.0 Å². The van der Waals surface area contributed by atoms with E-state index in [-0.39, 0.29) is 4.90 Å². The first-order chi connectivity index (χ1) is 10.6. The van der Waals surface area contributed by atoms with Gasteiger partial charge in [0.05, 0.1) is 4.90 Å². The fourth-order valence-corrected chi connectivity index (χ4v) is 4.39. The van der Waals surface area contributed by atoms with Crippen molar-refractivity contribution in [1.29, 1.82) is 0 Å². The molecule has 2 N–H and O–H groups in total. The van der Waals surface area contributed by atoms with Gasteiger partial charge in [0.2, 0.25) is 10.0 Å². The molecule has 0 radical (unpaired) electrons. The third kappa shape index (κ3) is 3.27. The lowest BCUT2D eigenvalue weighted by atomic mass is 10.1. The molecule has 1 unspecified atom stereocenters. The van der Waals surface area contributed by atoms with Crippen molar-refractivity contribution in [2.45, 2.75) is 17.7 Å². The molecule has 0 aliphatic carbocycles. The number of hydrogen-bond acceptors (Lipinski definition) is 3. The number of nitrogens with one attached hydrogen (secondary N) is 2. The quantitative estimate of drug-likeness (QED) is 0.881. The molecule has 0 bridgehead atoms. The van der Waals surface area contributed by atoms with Crippen molar-refractivity contribution in [2.24, 2.45) is 5.92 Å². The molecule has 2 aromatic carbocycles. The molecular weight excluding hydrogens is 320 g/mol. The van der Waals surface area contributed by atoms with Crippen molar-refractivity contribution in [3.63, 3.8) is 0 Å². The predicted octanol–water partition coefficient (Wildman–Crippen LogP) is 2.77. The van der Waals surface area contributed by atoms with Crippen LogP contribution in [0.25, 0.3) is 10.8 Å². The van der Waals surface area contributed by atoms with Crippen LogP contribution >= 0.6 is 11.6 Å². The molecule has 1 atom stereocenters. The zero-order valence-electron chi connectivity index (χ0n) is 12.2. The molecule has 6 heteroatoms. The van der Waals surface area contributed by atoms with Crippen LogP contribution in [-0.2, 0) is 10.0 Å². The van der Waals surface area contributed by atoms with E-state index in [4.69, 9.17) is 11.6 Å². The lowest BCUT2D eigenvalue weighted by Crippen LogP contribution is -2.26. The first kappa shape index (κ1) is 15.7. The van der Waals surface area contributed by atoms with E-state index in [1.165, 1.54) is 0 Å². The van der Waals surface area contributed by atoms with Crippen LogP contribution < -0.4 is 10.0 Å². The Hall–Kier alpha value is -1.14. The highest BCUT2D eigenvalue weighted by atomic mass is 35.5. The SMILES string of the molecule is O=S(=O)(NCCC1CCNC1)c1ccc(Cl)c2ccccc12. The number of fused-ring (bicyclic) bond motifs is 1. The van der Waals surface area contributed by atoms with E-state index in [0.29, 0.717) is 22.9 Å². The van der Waals surface area contributed by atoms with Gasteiger partial charge in [-0.05, 0) is 44.0 Å². The molecule has 1 aliphatic rings. The fraction of sp³-hybridized carbons (Fsp3) is 0.375. The smallest absolute Gasteiger partial charge is 0.241 e. The monoisotopic (exact) mass is 338 g/mol. The third-order valence-electron chi connectivity index (χ3n) is 4.13. The average molecular weight is 339 g/mol. The molecule has 0 aromatic heterocycles. The van der Waals surface area contributed by atoms with Gasteiger partial charge >= 0.3 is 0 Å². The maximum atomic E-state index is 12.6. The Balaban J connectivity index is 1.81. The molecule has 118 valence electrons. The second-order valence-electron chi connectivity index (χ2n) is 5.64. The molecule has 1 aliphatic heterocycles. The van der Waals surface area contributed by atoms with E-state index in [0.717, 1.165) is 31.3 Å². The summed E-state index contributed by atoms with van der Waals surface area (Å²) < 4.78 is 27.8. The van der Waals surface area contributed by atoms with Crippen LogP contribution in [0.2, 0.25) is 5.02 Å².